The Morgan fingerprint density at radius 1 is 1.33 bits per heavy atom. The Bertz CT molecular complexity index is 289. The van der Waals surface area contributed by atoms with Gasteiger partial charge in [-0.25, -0.2) is 0 Å². The van der Waals surface area contributed by atoms with E-state index >= 15 is 0 Å². The van der Waals surface area contributed by atoms with Crippen molar-refractivity contribution in [2.45, 2.75) is 6.42 Å². The summed E-state index contributed by atoms with van der Waals surface area (Å²) in [5.41, 5.74) is 3.45. The third kappa shape index (κ3) is 2.91. The van der Waals surface area contributed by atoms with Crippen LogP contribution in [0.4, 0.5) is 0 Å². The third-order valence-electron chi connectivity index (χ3n) is 2.62. The van der Waals surface area contributed by atoms with Crippen LogP contribution in [-0.2, 0) is 4.79 Å². The summed E-state index contributed by atoms with van der Waals surface area (Å²) in [4.78, 5) is 11.3. The van der Waals surface area contributed by atoms with E-state index < -0.39 is 0 Å². The van der Waals surface area contributed by atoms with Crippen molar-refractivity contribution >= 4 is 21.9 Å². The minimum Gasteiger partial charge on any atom is -0.434 e. The molecule has 1 amide bonds. The highest BCUT2D eigenvalue weighted by Gasteiger charge is 2.27. The highest BCUT2D eigenvalue weighted by Crippen LogP contribution is 2.21. The van der Waals surface area contributed by atoms with Crippen molar-refractivity contribution in [2.75, 3.05) is 13.1 Å². The van der Waals surface area contributed by atoms with Gasteiger partial charge in [0.1, 0.15) is 0 Å². The van der Waals surface area contributed by atoms with Crippen molar-refractivity contribution < 1.29 is 4.79 Å². The van der Waals surface area contributed by atoms with Crippen LogP contribution in [0.3, 0.4) is 0 Å². The minimum atomic E-state index is -0.160. The van der Waals surface area contributed by atoms with E-state index in [1.54, 1.807) is 0 Å². The van der Waals surface area contributed by atoms with E-state index in [-0.39, 0.29) is 17.7 Å². The van der Waals surface area contributed by atoms with Crippen LogP contribution < -0.4 is 15.8 Å². The number of carbonyl (C=O) groups is 1. The Balaban J connectivity index is 2.63. The molecule has 1 rings (SSSR count). The number of carbonyl (C=O) groups excluding carboxylic acids is 1. The van der Waals surface area contributed by atoms with E-state index in [0.29, 0.717) is 13.0 Å². The molecule has 2 unspecified atom stereocenters. The number of nitrogens with one attached hydrogen (secondary N) is 3. The smallest absolute Gasteiger partial charge is 0.226 e. The predicted molar refractivity (Wildman–Crippen MR) is 59.9 cm³/mol. The van der Waals surface area contributed by atoms with Gasteiger partial charge in [-0.3, -0.25) is 4.79 Å². The normalized spacial score (nSPS) is 25.1. The Labute approximate surface area is 92.4 Å². The molecule has 0 spiro atoms. The SMILES string of the molecule is [B]NC(=O)C1CNCC(C(=C=C)N[B])C1. The molecular formula is C9H13B2N3O. The van der Waals surface area contributed by atoms with Crippen LogP contribution in [0.25, 0.3) is 0 Å². The summed E-state index contributed by atoms with van der Waals surface area (Å²) in [6, 6.07) is 0. The average Bonchev–Trinajstić information content (AvgIpc) is 2.30. The van der Waals surface area contributed by atoms with Gasteiger partial charge in [-0.1, -0.05) is 6.58 Å². The van der Waals surface area contributed by atoms with E-state index in [2.05, 4.69) is 28.1 Å². The number of rotatable bonds is 3. The van der Waals surface area contributed by atoms with E-state index in [1.165, 1.54) is 0 Å². The van der Waals surface area contributed by atoms with Crippen molar-refractivity contribution in [1.29, 1.82) is 0 Å². The van der Waals surface area contributed by atoms with E-state index in [0.717, 1.165) is 12.2 Å². The molecule has 1 heterocycles. The van der Waals surface area contributed by atoms with E-state index in [4.69, 9.17) is 16.0 Å². The molecule has 0 aromatic rings. The molecule has 4 nitrogen and oxygen atoms in total. The van der Waals surface area contributed by atoms with Gasteiger partial charge >= 0.3 is 0 Å². The van der Waals surface area contributed by atoms with Gasteiger partial charge in [0.15, 0.2) is 0 Å². The fourth-order valence-electron chi connectivity index (χ4n) is 1.79. The summed E-state index contributed by atoms with van der Waals surface area (Å²) >= 11 is 0. The van der Waals surface area contributed by atoms with E-state index in [1.807, 2.05) is 0 Å². The summed E-state index contributed by atoms with van der Waals surface area (Å²) in [6.07, 6.45) is 0.693. The average molecular weight is 201 g/mol. The van der Waals surface area contributed by atoms with Gasteiger partial charge in [0.05, 0.1) is 0 Å². The fourth-order valence-corrected chi connectivity index (χ4v) is 1.79. The third-order valence-corrected chi connectivity index (χ3v) is 2.62. The lowest BCUT2D eigenvalue weighted by molar-refractivity contribution is -0.124. The van der Waals surface area contributed by atoms with Crippen molar-refractivity contribution in [3.8, 4) is 0 Å². The maximum absolute atomic E-state index is 11.3. The lowest BCUT2D eigenvalue weighted by Crippen LogP contribution is -2.45. The molecule has 76 valence electrons. The Kier molecular flexibility index (Phi) is 4.53. The fraction of sp³-hybridized carbons (Fsp3) is 0.556. The second kappa shape index (κ2) is 5.69. The van der Waals surface area contributed by atoms with Crippen LogP contribution in [0.5, 0.6) is 0 Å². The van der Waals surface area contributed by atoms with Crippen LogP contribution in [0, 0.1) is 11.8 Å². The Morgan fingerprint density at radius 2 is 2.00 bits per heavy atom. The maximum Gasteiger partial charge on any atom is 0.226 e. The molecule has 6 heteroatoms. The molecular weight excluding hydrogens is 188 g/mol. The first-order chi connectivity index (χ1) is 7.22. The summed E-state index contributed by atoms with van der Waals surface area (Å²) < 4.78 is 0. The standard InChI is InChI=1S/C9H13B2N3O/c1-2-8(13-10)6-3-7(5-12-4-6)9(15)14-11/h6-7,12-13H,1,3-5H2,(H,14,15). The first-order valence-corrected chi connectivity index (χ1v) is 4.80. The van der Waals surface area contributed by atoms with Gasteiger partial charge in [-0.05, 0) is 6.42 Å². The zero-order chi connectivity index (χ0) is 11.3. The topological polar surface area (TPSA) is 53.2 Å². The van der Waals surface area contributed by atoms with Gasteiger partial charge in [0.25, 0.3) is 0 Å². The molecule has 0 aromatic carbocycles. The second-order valence-electron chi connectivity index (χ2n) is 3.53. The highest BCUT2D eigenvalue weighted by atomic mass is 16.1. The first kappa shape index (κ1) is 12.0. The van der Waals surface area contributed by atoms with Crippen molar-refractivity contribution in [2.24, 2.45) is 11.8 Å². The van der Waals surface area contributed by atoms with Crippen molar-refractivity contribution in [3.05, 3.63) is 18.0 Å². The number of hydrogen-bond acceptors (Lipinski definition) is 3. The summed E-state index contributed by atoms with van der Waals surface area (Å²) in [6.45, 7) is 4.93. The number of hydrogen-bond donors (Lipinski definition) is 3. The molecule has 0 bridgehead atoms. The second-order valence-corrected chi connectivity index (χ2v) is 3.53. The zero-order valence-corrected chi connectivity index (χ0v) is 8.55. The van der Waals surface area contributed by atoms with Gasteiger partial charge in [0, 0.05) is 30.6 Å². The molecule has 15 heavy (non-hydrogen) atoms. The lowest BCUT2D eigenvalue weighted by atomic mass is 9.87. The monoisotopic (exact) mass is 201 g/mol. The van der Waals surface area contributed by atoms with Crippen LogP contribution in [0.2, 0.25) is 0 Å². The van der Waals surface area contributed by atoms with Crippen molar-refractivity contribution in [3.63, 3.8) is 0 Å². The van der Waals surface area contributed by atoms with Crippen LogP contribution in [-0.4, -0.2) is 35.0 Å². The molecule has 2 atom stereocenters. The van der Waals surface area contributed by atoms with E-state index in [9.17, 15) is 4.79 Å². The molecule has 0 saturated carbocycles. The minimum absolute atomic E-state index is 0.128. The molecule has 1 saturated heterocycles. The summed E-state index contributed by atoms with van der Waals surface area (Å²) in [5.74, 6) is -0.165. The van der Waals surface area contributed by atoms with Crippen molar-refractivity contribution in [1.82, 2.24) is 15.8 Å². The molecule has 0 aliphatic carbocycles. The Morgan fingerprint density at radius 3 is 2.53 bits per heavy atom. The molecule has 3 N–H and O–H groups in total. The molecule has 0 aromatic heterocycles. The molecule has 1 fully saturated rings. The summed E-state index contributed by atoms with van der Waals surface area (Å²) in [7, 11) is 10.4. The largest absolute Gasteiger partial charge is 0.434 e. The number of amides is 1. The van der Waals surface area contributed by atoms with Crippen LogP contribution >= 0.6 is 0 Å². The predicted octanol–water partition coefficient (Wildman–Crippen LogP) is -1.25. The van der Waals surface area contributed by atoms with Crippen LogP contribution in [0.15, 0.2) is 18.0 Å². The number of piperidine rings is 1. The van der Waals surface area contributed by atoms with Crippen LogP contribution in [0.1, 0.15) is 6.42 Å². The molecule has 4 radical (unpaired) electrons. The summed E-state index contributed by atoms with van der Waals surface area (Å²) in [5, 5.41) is 7.84. The van der Waals surface area contributed by atoms with Gasteiger partial charge < -0.3 is 15.8 Å². The van der Waals surface area contributed by atoms with Gasteiger partial charge in [0.2, 0.25) is 21.9 Å². The van der Waals surface area contributed by atoms with Gasteiger partial charge in [-0.2, -0.15) is 0 Å². The maximum atomic E-state index is 11.3. The lowest BCUT2D eigenvalue weighted by Gasteiger charge is -2.29. The van der Waals surface area contributed by atoms with Gasteiger partial charge in [-0.15, -0.1) is 5.73 Å². The first-order valence-electron chi connectivity index (χ1n) is 4.80. The zero-order valence-electron chi connectivity index (χ0n) is 8.55. The Hall–Kier alpha value is -1.12. The molecule has 1 aliphatic heterocycles. The quantitative estimate of drug-likeness (QED) is 0.395. The highest BCUT2D eigenvalue weighted by molar-refractivity contribution is 6.14. The molecule has 1 aliphatic rings.